The zero-order valence-corrected chi connectivity index (χ0v) is 11.1. The van der Waals surface area contributed by atoms with Crippen LogP contribution in [-0.4, -0.2) is 31.8 Å². The van der Waals surface area contributed by atoms with Crippen molar-refractivity contribution in [1.82, 2.24) is 5.32 Å². The first-order valence-corrected chi connectivity index (χ1v) is 6.62. The number of nitrogens with one attached hydrogen (secondary N) is 1. The lowest BCUT2D eigenvalue weighted by atomic mass is 10.1. The van der Waals surface area contributed by atoms with Crippen molar-refractivity contribution in [2.24, 2.45) is 0 Å². The molecule has 0 bridgehead atoms. The topological polar surface area (TPSA) is 73.6 Å². The predicted molar refractivity (Wildman–Crippen MR) is 73.3 cm³/mol. The van der Waals surface area contributed by atoms with Crippen LogP contribution in [0, 0.1) is 0 Å². The zero-order valence-electron chi connectivity index (χ0n) is 11.1. The molecule has 0 radical (unpaired) electrons. The number of benzene rings is 1. The van der Waals surface area contributed by atoms with E-state index in [4.69, 9.17) is 15.2 Å². The minimum atomic E-state index is -0.197. The van der Waals surface area contributed by atoms with E-state index in [0.717, 1.165) is 19.4 Å². The van der Waals surface area contributed by atoms with E-state index in [0.29, 0.717) is 30.2 Å². The first-order chi connectivity index (χ1) is 9.22. The summed E-state index contributed by atoms with van der Waals surface area (Å²) in [5.41, 5.74) is 6.73. The smallest absolute Gasteiger partial charge is 0.257 e. The molecule has 1 atom stereocenters. The predicted octanol–water partition coefficient (Wildman–Crippen LogP) is 1.58. The van der Waals surface area contributed by atoms with E-state index < -0.39 is 0 Å². The Morgan fingerprint density at radius 2 is 2.42 bits per heavy atom. The van der Waals surface area contributed by atoms with Crippen LogP contribution >= 0.6 is 0 Å². The maximum Gasteiger partial charge on any atom is 0.257 e. The summed E-state index contributed by atoms with van der Waals surface area (Å²) in [6.07, 6.45) is 1.90. The summed E-state index contributed by atoms with van der Waals surface area (Å²) in [4.78, 5) is 12.3. The van der Waals surface area contributed by atoms with Gasteiger partial charge in [0, 0.05) is 12.3 Å². The molecule has 1 amide bonds. The number of hydrogen-bond donors (Lipinski definition) is 2. The van der Waals surface area contributed by atoms with Gasteiger partial charge in [0.2, 0.25) is 0 Å². The number of carbonyl (C=O) groups excluding carboxylic acids is 1. The van der Waals surface area contributed by atoms with Gasteiger partial charge < -0.3 is 20.5 Å². The molecular formula is C14H20N2O3. The Morgan fingerprint density at radius 1 is 1.58 bits per heavy atom. The van der Waals surface area contributed by atoms with Crippen molar-refractivity contribution < 1.29 is 14.3 Å². The lowest BCUT2D eigenvalue weighted by Gasteiger charge is -2.23. The van der Waals surface area contributed by atoms with Gasteiger partial charge >= 0.3 is 0 Å². The number of ether oxygens (including phenoxy) is 2. The third kappa shape index (κ3) is 3.38. The Bertz CT molecular complexity index is 442. The molecule has 1 aromatic carbocycles. The summed E-state index contributed by atoms with van der Waals surface area (Å²) in [5.74, 6) is 0.328. The Hall–Kier alpha value is -1.75. The fourth-order valence-corrected chi connectivity index (χ4v) is 2.18. The molecule has 1 saturated heterocycles. The van der Waals surface area contributed by atoms with E-state index in [1.54, 1.807) is 18.2 Å². The molecular weight excluding hydrogens is 244 g/mol. The van der Waals surface area contributed by atoms with E-state index in [1.807, 2.05) is 6.92 Å². The molecule has 5 nitrogen and oxygen atoms in total. The Morgan fingerprint density at radius 3 is 3.11 bits per heavy atom. The number of rotatable bonds is 4. The highest BCUT2D eigenvalue weighted by Crippen LogP contribution is 2.24. The molecule has 1 aliphatic heterocycles. The van der Waals surface area contributed by atoms with Crippen LogP contribution in [0.2, 0.25) is 0 Å². The van der Waals surface area contributed by atoms with Gasteiger partial charge in [-0.3, -0.25) is 4.79 Å². The maximum absolute atomic E-state index is 12.3. The van der Waals surface area contributed by atoms with Crippen molar-refractivity contribution in [2.45, 2.75) is 25.8 Å². The van der Waals surface area contributed by atoms with Gasteiger partial charge in [0.15, 0.2) is 0 Å². The molecule has 5 heteroatoms. The van der Waals surface area contributed by atoms with Crippen LogP contribution in [0.1, 0.15) is 30.1 Å². The van der Waals surface area contributed by atoms with Gasteiger partial charge in [-0.1, -0.05) is 6.07 Å². The Kier molecular flexibility index (Phi) is 4.63. The number of nitrogen functional groups attached to an aromatic ring is 1. The van der Waals surface area contributed by atoms with Crippen LogP contribution in [0.4, 0.5) is 5.69 Å². The van der Waals surface area contributed by atoms with Gasteiger partial charge in [-0.05, 0) is 31.9 Å². The maximum atomic E-state index is 12.3. The molecule has 2 rings (SSSR count). The van der Waals surface area contributed by atoms with Crippen molar-refractivity contribution in [3.8, 4) is 5.75 Å². The second-order valence-electron chi connectivity index (χ2n) is 4.54. The fourth-order valence-electron chi connectivity index (χ4n) is 2.18. The van der Waals surface area contributed by atoms with Crippen LogP contribution in [0.3, 0.4) is 0 Å². The zero-order chi connectivity index (χ0) is 13.7. The number of carbonyl (C=O) groups is 1. The molecule has 1 aromatic rings. The van der Waals surface area contributed by atoms with Crippen molar-refractivity contribution >= 4 is 11.6 Å². The van der Waals surface area contributed by atoms with Gasteiger partial charge in [-0.15, -0.1) is 0 Å². The van der Waals surface area contributed by atoms with Crippen LogP contribution < -0.4 is 15.8 Å². The summed E-state index contributed by atoms with van der Waals surface area (Å²) in [5, 5.41) is 2.95. The molecule has 0 spiro atoms. The minimum Gasteiger partial charge on any atom is -0.493 e. The van der Waals surface area contributed by atoms with Crippen molar-refractivity contribution in [3.63, 3.8) is 0 Å². The second-order valence-corrected chi connectivity index (χ2v) is 4.54. The average Bonchev–Trinajstić information content (AvgIpc) is 2.40. The van der Waals surface area contributed by atoms with Gasteiger partial charge in [0.25, 0.3) is 5.91 Å². The van der Waals surface area contributed by atoms with Gasteiger partial charge in [-0.2, -0.15) is 0 Å². The quantitative estimate of drug-likeness (QED) is 0.810. The fraction of sp³-hybridized carbons (Fsp3) is 0.500. The van der Waals surface area contributed by atoms with E-state index in [2.05, 4.69) is 5.32 Å². The third-order valence-corrected chi connectivity index (χ3v) is 3.08. The van der Waals surface area contributed by atoms with E-state index in [-0.39, 0.29) is 11.9 Å². The first kappa shape index (κ1) is 13.7. The first-order valence-electron chi connectivity index (χ1n) is 6.62. The minimum absolute atomic E-state index is 0.0512. The molecule has 0 aliphatic carbocycles. The van der Waals surface area contributed by atoms with Gasteiger partial charge in [-0.25, -0.2) is 0 Å². The second kappa shape index (κ2) is 6.43. The number of hydrogen-bond acceptors (Lipinski definition) is 4. The van der Waals surface area contributed by atoms with E-state index in [9.17, 15) is 4.79 Å². The molecule has 0 saturated carbocycles. The van der Waals surface area contributed by atoms with Crippen molar-refractivity contribution in [1.29, 1.82) is 0 Å². The highest BCUT2D eigenvalue weighted by atomic mass is 16.5. The number of anilines is 1. The number of amides is 1. The SMILES string of the molecule is CCOc1cccc(N)c1C(=O)NC1CCCOC1. The standard InChI is InChI=1S/C14H20N2O3/c1-2-19-12-7-3-6-11(15)13(12)14(17)16-10-5-4-8-18-9-10/h3,6-7,10H,2,4-5,8-9,15H2,1H3,(H,16,17). The molecule has 1 heterocycles. The lowest BCUT2D eigenvalue weighted by Crippen LogP contribution is -2.41. The van der Waals surface area contributed by atoms with Crippen LogP contribution in [0.15, 0.2) is 18.2 Å². The van der Waals surface area contributed by atoms with Gasteiger partial charge in [0.1, 0.15) is 11.3 Å². The Balaban J connectivity index is 2.13. The lowest BCUT2D eigenvalue weighted by molar-refractivity contribution is 0.0623. The molecule has 1 unspecified atom stereocenters. The Labute approximate surface area is 113 Å². The third-order valence-electron chi connectivity index (χ3n) is 3.08. The highest BCUT2D eigenvalue weighted by molar-refractivity contribution is 6.02. The van der Waals surface area contributed by atoms with Crippen LogP contribution in [-0.2, 0) is 4.74 Å². The molecule has 104 valence electrons. The van der Waals surface area contributed by atoms with Crippen molar-refractivity contribution in [2.75, 3.05) is 25.6 Å². The summed E-state index contributed by atoms with van der Waals surface area (Å²) in [7, 11) is 0. The van der Waals surface area contributed by atoms with Crippen LogP contribution in [0.5, 0.6) is 5.75 Å². The summed E-state index contributed by atoms with van der Waals surface area (Å²) in [6.45, 7) is 3.70. The largest absolute Gasteiger partial charge is 0.493 e. The average molecular weight is 264 g/mol. The van der Waals surface area contributed by atoms with Gasteiger partial charge in [0.05, 0.1) is 19.3 Å². The molecule has 1 fully saturated rings. The molecule has 0 aromatic heterocycles. The summed E-state index contributed by atoms with van der Waals surface area (Å²) >= 11 is 0. The van der Waals surface area contributed by atoms with E-state index in [1.165, 1.54) is 0 Å². The molecule has 1 aliphatic rings. The molecule has 3 N–H and O–H groups in total. The number of nitrogens with two attached hydrogens (primary N) is 1. The monoisotopic (exact) mass is 264 g/mol. The summed E-state index contributed by atoms with van der Waals surface area (Å²) in [6, 6.07) is 5.29. The van der Waals surface area contributed by atoms with E-state index >= 15 is 0 Å². The van der Waals surface area contributed by atoms with Crippen molar-refractivity contribution in [3.05, 3.63) is 23.8 Å². The summed E-state index contributed by atoms with van der Waals surface area (Å²) < 4.78 is 10.8. The highest BCUT2D eigenvalue weighted by Gasteiger charge is 2.21. The molecule has 19 heavy (non-hydrogen) atoms. The normalized spacial score (nSPS) is 18.9. The van der Waals surface area contributed by atoms with Crippen LogP contribution in [0.25, 0.3) is 0 Å².